The number of rotatable bonds is 3. The molecule has 1 aromatic heterocycles. The van der Waals surface area contributed by atoms with Crippen molar-refractivity contribution in [3.63, 3.8) is 0 Å². The standard InChI is InChI=1S/C21H17ClN4O3S/c1-11-5-8-18(30-11)19-13(10-23)21(24)25(15-3-2-4-17(27)20(15)19)16-9-12(26(28)29)6-7-14(16)22/h5-9,19H,2-4,24H2,1H3. The summed E-state index contributed by atoms with van der Waals surface area (Å²) in [7, 11) is 0. The Morgan fingerprint density at radius 1 is 1.33 bits per heavy atom. The second-order valence-corrected chi connectivity index (χ2v) is 8.88. The number of nitriles is 1. The minimum Gasteiger partial charge on any atom is -0.384 e. The van der Waals surface area contributed by atoms with Crippen LogP contribution in [0.15, 0.2) is 53.0 Å². The van der Waals surface area contributed by atoms with Crippen molar-refractivity contribution < 1.29 is 9.72 Å². The molecule has 0 saturated carbocycles. The van der Waals surface area contributed by atoms with Gasteiger partial charge in [0.25, 0.3) is 5.69 Å². The van der Waals surface area contributed by atoms with E-state index >= 15 is 0 Å². The van der Waals surface area contributed by atoms with E-state index in [-0.39, 0.29) is 27.9 Å². The predicted molar refractivity (Wildman–Crippen MR) is 115 cm³/mol. The minimum absolute atomic E-state index is 0.0425. The SMILES string of the molecule is Cc1ccc(C2C(C#N)=C(N)N(c3cc([N+](=O)[O-])ccc3Cl)C3=C2C(=O)CCC3)s1. The minimum atomic E-state index is -0.537. The Balaban J connectivity index is 1.99. The molecule has 1 aliphatic carbocycles. The molecule has 2 aliphatic rings. The number of ketones is 1. The summed E-state index contributed by atoms with van der Waals surface area (Å²) in [6.07, 6.45) is 1.57. The number of carbonyl (C=O) groups excluding carboxylic acids is 1. The van der Waals surface area contributed by atoms with Gasteiger partial charge >= 0.3 is 0 Å². The third kappa shape index (κ3) is 3.16. The van der Waals surface area contributed by atoms with Crippen LogP contribution in [0.2, 0.25) is 5.02 Å². The maximum atomic E-state index is 13.0. The summed E-state index contributed by atoms with van der Waals surface area (Å²) in [5, 5.41) is 21.5. The molecule has 2 N–H and O–H groups in total. The van der Waals surface area contributed by atoms with Crippen LogP contribution in [-0.2, 0) is 4.79 Å². The fraction of sp³-hybridized carbons (Fsp3) is 0.238. The Bertz CT molecular complexity index is 1190. The lowest BCUT2D eigenvalue weighted by molar-refractivity contribution is -0.384. The molecular formula is C21H17ClN4O3S. The molecule has 2 aromatic rings. The van der Waals surface area contributed by atoms with Crippen molar-refractivity contribution in [2.75, 3.05) is 4.90 Å². The highest BCUT2D eigenvalue weighted by Crippen LogP contribution is 2.49. The van der Waals surface area contributed by atoms with E-state index < -0.39 is 10.8 Å². The molecular weight excluding hydrogens is 424 g/mol. The topological polar surface area (TPSA) is 113 Å². The van der Waals surface area contributed by atoms with Gasteiger partial charge in [0, 0.05) is 39.6 Å². The number of non-ortho nitro benzene ring substituents is 1. The van der Waals surface area contributed by atoms with Gasteiger partial charge < -0.3 is 5.73 Å². The number of nitrogens with zero attached hydrogens (tertiary/aromatic N) is 3. The van der Waals surface area contributed by atoms with Crippen molar-refractivity contribution in [3.8, 4) is 6.07 Å². The fourth-order valence-corrected chi connectivity index (χ4v) is 5.24. The Morgan fingerprint density at radius 2 is 2.10 bits per heavy atom. The van der Waals surface area contributed by atoms with Gasteiger partial charge in [-0.05, 0) is 38.0 Å². The molecule has 4 rings (SSSR count). The summed E-state index contributed by atoms with van der Waals surface area (Å²) in [4.78, 5) is 27.3. The van der Waals surface area contributed by atoms with E-state index in [1.807, 2.05) is 19.1 Å². The number of nitro groups is 1. The lowest BCUT2D eigenvalue weighted by Gasteiger charge is -2.39. The van der Waals surface area contributed by atoms with Crippen LogP contribution in [0.3, 0.4) is 0 Å². The van der Waals surface area contributed by atoms with Crippen molar-refractivity contribution in [1.29, 1.82) is 5.26 Å². The van der Waals surface area contributed by atoms with E-state index in [9.17, 15) is 20.2 Å². The van der Waals surface area contributed by atoms with Crippen LogP contribution >= 0.6 is 22.9 Å². The molecule has 1 atom stereocenters. The van der Waals surface area contributed by atoms with E-state index in [1.165, 1.54) is 29.5 Å². The quantitative estimate of drug-likeness (QED) is 0.535. The Labute approximate surface area is 181 Å². The van der Waals surface area contributed by atoms with E-state index in [0.717, 1.165) is 9.75 Å². The van der Waals surface area contributed by atoms with E-state index in [2.05, 4.69) is 6.07 Å². The molecule has 0 fully saturated rings. The van der Waals surface area contributed by atoms with Gasteiger partial charge in [0.15, 0.2) is 5.78 Å². The second-order valence-electron chi connectivity index (χ2n) is 7.16. The predicted octanol–water partition coefficient (Wildman–Crippen LogP) is 4.92. The van der Waals surface area contributed by atoms with Gasteiger partial charge in [-0.2, -0.15) is 5.26 Å². The Hall–Kier alpha value is -3.15. The molecule has 1 unspecified atom stereocenters. The zero-order valence-corrected chi connectivity index (χ0v) is 17.6. The van der Waals surface area contributed by atoms with Crippen molar-refractivity contribution >= 4 is 40.1 Å². The number of benzene rings is 1. The second kappa shape index (κ2) is 7.59. The molecule has 30 heavy (non-hydrogen) atoms. The van der Waals surface area contributed by atoms with E-state index in [4.69, 9.17) is 17.3 Å². The summed E-state index contributed by atoms with van der Waals surface area (Å²) in [5.74, 6) is -0.436. The van der Waals surface area contributed by atoms with Gasteiger partial charge in [-0.15, -0.1) is 11.3 Å². The van der Waals surface area contributed by atoms with Crippen molar-refractivity contribution in [1.82, 2.24) is 0 Å². The number of nitro benzene ring substituents is 1. The average Bonchev–Trinajstić information content (AvgIpc) is 3.14. The third-order valence-electron chi connectivity index (χ3n) is 5.34. The van der Waals surface area contributed by atoms with Crippen LogP contribution < -0.4 is 10.6 Å². The fourth-order valence-electron chi connectivity index (χ4n) is 4.04. The molecule has 0 radical (unpaired) electrons. The molecule has 152 valence electrons. The Kier molecular flexibility index (Phi) is 5.10. The number of thiophene rings is 1. The monoisotopic (exact) mass is 440 g/mol. The third-order valence-corrected chi connectivity index (χ3v) is 6.73. The van der Waals surface area contributed by atoms with Crippen molar-refractivity contribution in [2.24, 2.45) is 5.73 Å². The molecule has 1 aliphatic heterocycles. The van der Waals surface area contributed by atoms with Crippen LogP contribution in [0, 0.1) is 28.4 Å². The van der Waals surface area contributed by atoms with Crippen LogP contribution in [0.5, 0.6) is 0 Å². The van der Waals surface area contributed by atoms with Crippen LogP contribution in [-0.4, -0.2) is 10.7 Å². The number of nitrogens with two attached hydrogens (primary N) is 1. The number of allylic oxidation sites excluding steroid dienone is 3. The zero-order valence-electron chi connectivity index (χ0n) is 16.0. The first kappa shape index (κ1) is 20.1. The summed E-state index contributed by atoms with van der Waals surface area (Å²) >= 11 is 7.90. The van der Waals surface area contributed by atoms with E-state index in [1.54, 1.807) is 4.90 Å². The highest BCUT2D eigenvalue weighted by Gasteiger charge is 2.41. The summed E-state index contributed by atoms with van der Waals surface area (Å²) in [5.41, 5.74) is 8.02. The van der Waals surface area contributed by atoms with Crippen LogP contribution in [0.4, 0.5) is 11.4 Å². The number of hydrogen-bond acceptors (Lipinski definition) is 7. The first-order valence-electron chi connectivity index (χ1n) is 9.30. The molecule has 0 bridgehead atoms. The molecule has 7 nitrogen and oxygen atoms in total. The van der Waals surface area contributed by atoms with Crippen molar-refractivity contribution in [3.05, 3.63) is 77.9 Å². The van der Waals surface area contributed by atoms with Crippen LogP contribution in [0.25, 0.3) is 0 Å². The zero-order chi connectivity index (χ0) is 21.6. The van der Waals surface area contributed by atoms with E-state index in [0.29, 0.717) is 36.2 Å². The largest absolute Gasteiger partial charge is 0.384 e. The normalized spacial score (nSPS) is 19.0. The van der Waals surface area contributed by atoms with Crippen LogP contribution in [0.1, 0.15) is 34.9 Å². The summed E-state index contributed by atoms with van der Waals surface area (Å²) in [6, 6.07) is 10.1. The Morgan fingerprint density at radius 3 is 2.73 bits per heavy atom. The summed E-state index contributed by atoms with van der Waals surface area (Å²) in [6.45, 7) is 1.96. The molecule has 0 amide bonds. The lowest BCUT2D eigenvalue weighted by Crippen LogP contribution is -2.38. The number of Topliss-reactive ketones (excluding diaryl/α,β-unsaturated/α-hetero) is 1. The van der Waals surface area contributed by atoms with Gasteiger partial charge in [0.2, 0.25) is 0 Å². The first-order valence-corrected chi connectivity index (χ1v) is 10.5. The van der Waals surface area contributed by atoms with Gasteiger partial charge in [0.1, 0.15) is 5.82 Å². The van der Waals surface area contributed by atoms with Gasteiger partial charge in [-0.3, -0.25) is 19.8 Å². The number of hydrogen-bond donors (Lipinski definition) is 1. The first-order chi connectivity index (χ1) is 14.3. The highest BCUT2D eigenvalue weighted by molar-refractivity contribution is 7.12. The molecule has 0 saturated heterocycles. The maximum absolute atomic E-state index is 13.0. The number of aryl methyl sites for hydroxylation is 1. The molecule has 0 spiro atoms. The maximum Gasteiger partial charge on any atom is 0.271 e. The number of halogens is 1. The van der Waals surface area contributed by atoms with Gasteiger partial charge in [-0.25, -0.2) is 0 Å². The van der Waals surface area contributed by atoms with Gasteiger partial charge in [0.05, 0.1) is 33.2 Å². The van der Waals surface area contributed by atoms with Crippen molar-refractivity contribution in [2.45, 2.75) is 32.1 Å². The molecule has 9 heteroatoms. The smallest absolute Gasteiger partial charge is 0.271 e. The lowest BCUT2D eigenvalue weighted by atomic mass is 9.78. The average molecular weight is 441 g/mol. The number of anilines is 1. The summed E-state index contributed by atoms with van der Waals surface area (Å²) < 4.78 is 0. The molecule has 1 aromatic carbocycles. The van der Waals surface area contributed by atoms with Gasteiger partial charge in [-0.1, -0.05) is 11.6 Å². The highest BCUT2D eigenvalue weighted by atomic mass is 35.5. The number of carbonyl (C=O) groups is 1. The molecule has 2 heterocycles.